The minimum Gasteiger partial charge on any atom is -0.479 e. The molecule has 0 radical (unpaired) electrons. The number of amides is 1. The molecule has 0 aromatic heterocycles. The van der Waals surface area contributed by atoms with Gasteiger partial charge in [0, 0.05) is 9.50 Å². The molecule has 5 nitrogen and oxygen atoms in total. The van der Waals surface area contributed by atoms with Crippen molar-refractivity contribution in [3.8, 4) is 0 Å². The van der Waals surface area contributed by atoms with Gasteiger partial charge in [-0.2, -0.15) is 0 Å². The summed E-state index contributed by atoms with van der Waals surface area (Å²) < 4.78 is 0.497. The molecule has 1 rings (SSSR count). The van der Waals surface area contributed by atoms with E-state index in [1.807, 2.05) is 5.48 Å². The number of benzene rings is 1. The smallest absolute Gasteiger partial charge is 0.332 e. The summed E-state index contributed by atoms with van der Waals surface area (Å²) in [6.45, 7) is -0.600. The van der Waals surface area contributed by atoms with Crippen molar-refractivity contribution in [2.24, 2.45) is 0 Å². The fraction of sp³-hybridized carbons (Fsp3) is 0.111. The Bertz CT molecular complexity index is 424. The average Bonchev–Trinajstić information content (AvgIpc) is 2.16. The van der Waals surface area contributed by atoms with Gasteiger partial charge < -0.3 is 5.11 Å². The summed E-state index contributed by atoms with van der Waals surface area (Å²) in [4.78, 5) is 26.0. The molecule has 0 heterocycles. The molecule has 0 bridgehead atoms. The molecule has 86 valence electrons. The zero-order valence-electron chi connectivity index (χ0n) is 7.87. The SMILES string of the molecule is O=C(O)CONC(=O)c1ccc(Cl)cc1Br. The van der Waals surface area contributed by atoms with Crippen LogP contribution in [0.2, 0.25) is 5.02 Å². The van der Waals surface area contributed by atoms with Gasteiger partial charge in [0.25, 0.3) is 5.91 Å². The number of hydroxylamine groups is 1. The lowest BCUT2D eigenvalue weighted by Gasteiger charge is -2.05. The second kappa shape index (κ2) is 5.83. The molecular formula is C9H7BrClNO4. The number of hydrogen-bond donors (Lipinski definition) is 2. The number of rotatable bonds is 4. The molecule has 0 fully saturated rings. The van der Waals surface area contributed by atoms with Gasteiger partial charge in [0.15, 0.2) is 6.61 Å². The van der Waals surface area contributed by atoms with Crippen LogP contribution in [0.3, 0.4) is 0 Å². The molecule has 0 aliphatic heterocycles. The topological polar surface area (TPSA) is 75.6 Å². The summed E-state index contributed by atoms with van der Waals surface area (Å²) in [6, 6.07) is 4.58. The molecule has 1 aromatic rings. The lowest BCUT2D eigenvalue weighted by atomic mass is 10.2. The highest BCUT2D eigenvalue weighted by atomic mass is 79.9. The van der Waals surface area contributed by atoms with E-state index < -0.39 is 18.5 Å². The second-order valence-electron chi connectivity index (χ2n) is 2.74. The molecule has 0 atom stereocenters. The molecule has 0 aliphatic rings. The number of carbonyl (C=O) groups is 2. The number of carbonyl (C=O) groups excluding carboxylic acids is 1. The van der Waals surface area contributed by atoms with E-state index in [2.05, 4.69) is 20.8 Å². The maximum Gasteiger partial charge on any atom is 0.332 e. The third-order valence-electron chi connectivity index (χ3n) is 1.54. The van der Waals surface area contributed by atoms with Crippen molar-refractivity contribution in [3.05, 3.63) is 33.3 Å². The number of aliphatic carboxylic acids is 1. The summed E-state index contributed by atoms with van der Waals surface area (Å²) >= 11 is 8.85. The first-order valence-electron chi connectivity index (χ1n) is 4.09. The Morgan fingerprint density at radius 3 is 2.75 bits per heavy atom. The monoisotopic (exact) mass is 307 g/mol. The highest BCUT2D eigenvalue weighted by molar-refractivity contribution is 9.10. The fourth-order valence-corrected chi connectivity index (χ4v) is 1.75. The van der Waals surface area contributed by atoms with Crippen LogP contribution >= 0.6 is 27.5 Å². The van der Waals surface area contributed by atoms with Gasteiger partial charge in [0.05, 0.1) is 5.56 Å². The largest absolute Gasteiger partial charge is 0.479 e. The van der Waals surface area contributed by atoms with Crippen molar-refractivity contribution >= 4 is 39.4 Å². The Balaban J connectivity index is 2.63. The zero-order valence-corrected chi connectivity index (χ0v) is 10.2. The van der Waals surface area contributed by atoms with E-state index in [0.29, 0.717) is 15.1 Å². The van der Waals surface area contributed by atoms with Crippen LogP contribution < -0.4 is 5.48 Å². The molecule has 16 heavy (non-hydrogen) atoms. The number of carboxylic acids is 1. The standard InChI is InChI=1S/C9H7BrClNO4/c10-7-3-5(11)1-2-6(7)9(15)12-16-4-8(13)14/h1-3H,4H2,(H,12,15)(H,13,14). The summed E-state index contributed by atoms with van der Waals surface area (Å²) in [7, 11) is 0. The van der Waals surface area contributed by atoms with Crippen molar-refractivity contribution in [1.29, 1.82) is 0 Å². The number of carboxylic acid groups (broad SMARTS) is 1. The first-order chi connectivity index (χ1) is 7.50. The first kappa shape index (κ1) is 13.0. The summed E-state index contributed by atoms with van der Waals surface area (Å²) in [5, 5.41) is 8.77. The second-order valence-corrected chi connectivity index (χ2v) is 4.03. The fourth-order valence-electron chi connectivity index (χ4n) is 0.892. The average molecular weight is 309 g/mol. The van der Waals surface area contributed by atoms with E-state index in [0.717, 1.165) is 0 Å². The Morgan fingerprint density at radius 1 is 1.50 bits per heavy atom. The Morgan fingerprint density at radius 2 is 2.19 bits per heavy atom. The van der Waals surface area contributed by atoms with Gasteiger partial charge in [-0.05, 0) is 34.1 Å². The van der Waals surface area contributed by atoms with Crippen LogP contribution in [0.25, 0.3) is 0 Å². The molecule has 1 amide bonds. The molecule has 1 aromatic carbocycles. The maximum atomic E-state index is 11.5. The third kappa shape index (κ3) is 3.80. The predicted octanol–water partition coefficient (Wildman–Crippen LogP) is 1.85. The zero-order chi connectivity index (χ0) is 12.1. The lowest BCUT2D eigenvalue weighted by molar-refractivity contribution is -0.144. The first-order valence-corrected chi connectivity index (χ1v) is 5.27. The molecular weight excluding hydrogens is 301 g/mol. The van der Waals surface area contributed by atoms with Gasteiger partial charge in [-0.15, -0.1) is 0 Å². The Labute approximate surface area is 104 Å². The van der Waals surface area contributed by atoms with E-state index >= 15 is 0 Å². The summed E-state index contributed by atoms with van der Waals surface area (Å²) in [5.41, 5.74) is 2.30. The van der Waals surface area contributed by atoms with E-state index in [4.69, 9.17) is 16.7 Å². The minimum absolute atomic E-state index is 0.301. The third-order valence-corrected chi connectivity index (χ3v) is 2.43. The van der Waals surface area contributed by atoms with Crippen LogP contribution in [0, 0.1) is 0 Å². The maximum absolute atomic E-state index is 11.5. The lowest BCUT2D eigenvalue weighted by Crippen LogP contribution is -2.26. The van der Waals surface area contributed by atoms with Gasteiger partial charge in [-0.25, -0.2) is 10.3 Å². The summed E-state index contributed by atoms with van der Waals surface area (Å²) in [5.74, 6) is -1.72. The summed E-state index contributed by atoms with van der Waals surface area (Å²) in [6.07, 6.45) is 0. The van der Waals surface area contributed by atoms with Crippen molar-refractivity contribution < 1.29 is 19.5 Å². The minimum atomic E-state index is -1.17. The predicted molar refractivity (Wildman–Crippen MR) is 60.2 cm³/mol. The van der Waals surface area contributed by atoms with Crippen LogP contribution in [0.5, 0.6) is 0 Å². The molecule has 0 aliphatic carbocycles. The number of hydrogen-bond acceptors (Lipinski definition) is 3. The normalized spacial score (nSPS) is 9.88. The van der Waals surface area contributed by atoms with E-state index in [1.165, 1.54) is 6.07 Å². The van der Waals surface area contributed by atoms with E-state index in [1.54, 1.807) is 12.1 Å². The number of halogens is 2. The highest BCUT2D eigenvalue weighted by Gasteiger charge is 2.10. The molecule has 0 saturated heterocycles. The quantitative estimate of drug-likeness (QED) is 0.832. The van der Waals surface area contributed by atoms with Crippen molar-refractivity contribution in [3.63, 3.8) is 0 Å². The van der Waals surface area contributed by atoms with Crippen LogP contribution in [-0.4, -0.2) is 23.6 Å². The Hall–Kier alpha value is -1.11. The van der Waals surface area contributed by atoms with Gasteiger partial charge in [0.2, 0.25) is 0 Å². The van der Waals surface area contributed by atoms with Gasteiger partial charge in [-0.3, -0.25) is 9.63 Å². The molecule has 0 unspecified atom stereocenters. The molecule has 0 saturated carbocycles. The van der Waals surface area contributed by atoms with Crippen molar-refractivity contribution in [2.45, 2.75) is 0 Å². The van der Waals surface area contributed by atoms with Crippen LogP contribution in [0.1, 0.15) is 10.4 Å². The van der Waals surface area contributed by atoms with Crippen molar-refractivity contribution in [1.82, 2.24) is 5.48 Å². The Kier molecular flexibility index (Phi) is 4.72. The van der Waals surface area contributed by atoms with Gasteiger partial charge in [-0.1, -0.05) is 11.6 Å². The number of nitrogens with one attached hydrogen (secondary N) is 1. The van der Waals surface area contributed by atoms with Crippen molar-refractivity contribution in [2.75, 3.05) is 6.61 Å². The van der Waals surface area contributed by atoms with Crippen LogP contribution in [-0.2, 0) is 9.63 Å². The van der Waals surface area contributed by atoms with Gasteiger partial charge in [0.1, 0.15) is 0 Å². The molecule has 0 spiro atoms. The molecule has 7 heteroatoms. The van der Waals surface area contributed by atoms with Crippen LogP contribution in [0.4, 0.5) is 0 Å². The van der Waals surface area contributed by atoms with Gasteiger partial charge >= 0.3 is 5.97 Å². The molecule has 2 N–H and O–H groups in total. The van der Waals surface area contributed by atoms with Crippen LogP contribution in [0.15, 0.2) is 22.7 Å². The van der Waals surface area contributed by atoms with E-state index in [-0.39, 0.29) is 0 Å². The highest BCUT2D eigenvalue weighted by Crippen LogP contribution is 2.21. The van der Waals surface area contributed by atoms with E-state index in [9.17, 15) is 9.59 Å².